The molecule has 0 bridgehead atoms. The highest BCUT2D eigenvalue weighted by molar-refractivity contribution is 5.78. The fraction of sp³-hybridized carbons (Fsp3) is 0.462. The lowest BCUT2D eigenvalue weighted by Gasteiger charge is -2.17. The van der Waals surface area contributed by atoms with E-state index in [-0.39, 0.29) is 23.7 Å². The molecule has 0 saturated carbocycles. The van der Waals surface area contributed by atoms with Gasteiger partial charge in [0.05, 0.1) is 4.92 Å². The van der Waals surface area contributed by atoms with Gasteiger partial charge in [0.1, 0.15) is 0 Å². The van der Waals surface area contributed by atoms with E-state index < -0.39 is 4.92 Å². The maximum Gasteiger partial charge on any atom is 0.269 e. The Morgan fingerprint density at radius 2 is 2.37 bits per heavy atom. The Kier molecular flexibility index (Phi) is 4.11. The van der Waals surface area contributed by atoms with Gasteiger partial charge in [0.25, 0.3) is 5.69 Å². The minimum atomic E-state index is -0.395. The van der Waals surface area contributed by atoms with Crippen molar-refractivity contribution < 1.29 is 9.72 Å². The molecule has 6 nitrogen and oxygen atoms in total. The highest BCUT2D eigenvalue weighted by atomic mass is 16.6. The van der Waals surface area contributed by atoms with Crippen molar-refractivity contribution in [2.75, 3.05) is 6.54 Å². The van der Waals surface area contributed by atoms with Crippen molar-refractivity contribution in [3.8, 4) is 0 Å². The van der Waals surface area contributed by atoms with Crippen LogP contribution in [0, 0.1) is 10.1 Å². The number of rotatable bonds is 5. The molecule has 1 saturated heterocycles. The summed E-state index contributed by atoms with van der Waals surface area (Å²) in [4.78, 5) is 21.4. The molecule has 6 heteroatoms. The Bertz CT molecular complexity index is 490. The zero-order chi connectivity index (χ0) is 13.8. The molecule has 0 aliphatic carbocycles. The lowest BCUT2D eigenvalue weighted by atomic mass is 10.1. The van der Waals surface area contributed by atoms with E-state index in [0.717, 1.165) is 12.0 Å². The average Bonchev–Trinajstić information content (AvgIpc) is 2.82. The summed E-state index contributed by atoms with van der Waals surface area (Å²) in [5, 5.41) is 16.9. The van der Waals surface area contributed by atoms with Gasteiger partial charge < -0.3 is 10.6 Å². The summed E-state index contributed by atoms with van der Waals surface area (Å²) in [6.07, 6.45) is 1.42. The van der Waals surface area contributed by atoms with Crippen molar-refractivity contribution in [2.45, 2.75) is 31.8 Å². The lowest BCUT2D eigenvalue weighted by molar-refractivity contribution is -0.384. The third kappa shape index (κ3) is 3.51. The Balaban J connectivity index is 1.92. The minimum Gasteiger partial charge on any atom is -0.352 e. The Labute approximate surface area is 111 Å². The van der Waals surface area contributed by atoms with E-state index in [1.54, 1.807) is 12.1 Å². The molecular weight excluding hydrogens is 246 g/mol. The number of hydrogen-bond acceptors (Lipinski definition) is 4. The second-order valence-corrected chi connectivity index (χ2v) is 4.79. The lowest BCUT2D eigenvalue weighted by Crippen LogP contribution is -2.36. The van der Waals surface area contributed by atoms with E-state index in [9.17, 15) is 14.9 Å². The Hall–Kier alpha value is -1.95. The van der Waals surface area contributed by atoms with E-state index in [2.05, 4.69) is 10.6 Å². The predicted octanol–water partition coefficient (Wildman–Crippen LogP) is 1.52. The molecule has 2 atom stereocenters. The van der Waals surface area contributed by atoms with Crippen LogP contribution < -0.4 is 10.6 Å². The molecule has 1 amide bonds. The zero-order valence-corrected chi connectivity index (χ0v) is 10.8. The van der Waals surface area contributed by atoms with Crippen LogP contribution >= 0.6 is 0 Å². The van der Waals surface area contributed by atoms with Crippen molar-refractivity contribution in [3.63, 3.8) is 0 Å². The highest BCUT2D eigenvalue weighted by Gasteiger charge is 2.21. The van der Waals surface area contributed by atoms with Crippen LogP contribution in [0.4, 0.5) is 5.69 Å². The van der Waals surface area contributed by atoms with Crippen molar-refractivity contribution in [2.24, 2.45) is 0 Å². The second-order valence-electron chi connectivity index (χ2n) is 4.79. The minimum absolute atomic E-state index is 0.0115. The van der Waals surface area contributed by atoms with Gasteiger partial charge >= 0.3 is 0 Å². The summed E-state index contributed by atoms with van der Waals surface area (Å²) >= 11 is 0. The summed E-state index contributed by atoms with van der Waals surface area (Å²) in [7, 11) is 0. The maximum atomic E-state index is 11.1. The van der Waals surface area contributed by atoms with Gasteiger partial charge in [0.15, 0.2) is 0 Å². The average molecular weight is 263 g/mol. The van der Waals surface area contributed by atoms with Crippen LogP contribution in [0.1, 0.15) is 31.4 Å². The SMILES string of the molecule is CC(NCC1CCC(=O)N1)c1cccc([N+](=O)[O-])c1. The van der Waals surface area contributed by atoms with Gasteiger partial charge in [-0.1, -0.05) is 12.1 Å². The molecule has 1 aromatic carbocycles. The number of benzene rings is 1. The first-order valence-electron chi connectivity index (χ1n) is 6.33. The van der Waals surface area contributed by atoms with Gasteiger partial charge in [-0.3, -0.25) is 14.9 Å². The first-order chi connectivity index (χ1) is 9.06. The number of nitrogens with zero attached hydrogens (tertiary/aromatic N) is 1. The van der Waals surface area contributed by atoms with E-state index >= 15 is 0 Å². The van der Waals surface area contributed by atoms with Gasteiger partial charge in [0, 0.05) is 37.2 Å². The molecule has 1 heterocycles. The number of amides is 1. The largest absolute Gasteiger partial charge is 0.352 e. The molecule has 2 rings (SSSR count). The van der Waals surface area contributed by atoms with E-state index in [1.165, 1.54) is 6.07 Å². The summed E-state index contributed by atoms with van der Waals surface area (Å²) in [6.45, 7) is 2.63. The van der Waals surface area contributed by atoms with Gasteiger partial charge in [-0.05, 0) is 18.9 Å². The fourth-order valence-electron chi connectivity index (χ4n) is 2.18. The van der Waals surface area contributed by atoms with Gasteiger partial charge in [-0.15, -0.1) is 0 Å². The van der Waals surface area contributed by atoms with Crippen LogP contribution in [0.15, 0.2) is 24.3 Å². The van der Waals surface area contributed by atoms with Crippen LogP contribution in [-0.4, -0.2) is 23.4 Å². The smallest absolute Gasteiger partial charge is 0.269 e. The van der Waals surface area contributed by atoms with Gasteiger partial charge in [-0.25, -0.2) is 0 Å². The molecule has 0 aromatic heterocycles. The van der Waals surface area contributed by atoms with Crippen LogP contribution in [0.3, 0.4) is 0 Å². The van der Waals surface area contributed by atoms with Crippen molar-refractivity contribution in [1.29, 1.82) is 0 Å². The maximum absolute atomic E-state index is 11.1. The fourth-order valence-corrected chi connectivity index (χ4v) is 2.18. The van der Waals surface area contributed by atoms with Crippen molar-refractivity contribution in [1.82, 2.24) is 10.6 Å². The molecule has 2 N–H and O–H groups in total. The quantitative estimate of drug-likeness (QED) is 0.623. The number of carbonyl (C=O) groups is 1. The standard InChI is InChI=1S/C13H17N3O3/c1-9(14-8-11-5-6-13(17)15-11)10-3-2-4-12(7-10)16(18)19/h2-4,7,9,11,14H,5-6,8H2,1H3,(H,15,17). The van der Waals surface area contributed by atoms with Crippen molar-refractivity contribution in [3.05, 3.63) is 39.9 Å². The first kappa shape index (κ1) is 13.5. The zero-order valence-electron chi connectivity index (χ0n) is 10.8. The topological polar surface area (TPSA) is 84.3 Å². The van der Waals surface area contributed by atoms with E-state index in [4.69, 9.17) is 0 Å². The number of nitro benzene ring substituents is 1. The van der Waals surface area contributed by atoms with E-state index in [0.29, 0.717) is 13.0 Å². The molecule has 1 aromatic rings. The second kappa shape index (κ2) is 5.79. The monoisotopic (exact) mass is 263 g/mol. The Morgan fingerprint density at radius 1 is 1.58 bits per heavy atom. The summed E-state index contributed by atoms with van der Waals surface area (Å²) in [5.41, 5.74) is 0.971. The number of carbonyl (C=O) groups excluding carboxylic acids is 1. The number of non-ortho nitro benzene ring substituents is 1. The molecule has 1 fully saturated rings. The number of hydrogen-bond donors (Lipinski definition) is 2. The molecule has 0 radical (unpaired) electrons. The summed E-state index contributed by atoms with van der Waals surface area (Å²) in [5.74, 6) is 0.0924. The Morgan fingerprint density at radius 3 is 3.00 bits per heavy atom. The molecule has 102 valence electrons. The normalized spacial score (nSPS) is 20.1. The third-order valence-corrected chi connectivity index (χ3v) is 3.34. The third-order valence-electron chi connectivity index (χ3n) is 3.34. The molecule has 2 unspecified atom stereocenters. The molecule has 0 spiro atoms. The van der Waals surface area contributed by atoms with Crippen LogP contribution in [0.25, 0.3) is 0 Å². The number of nitrogens with one attached hydrogen (secondary N) is 2. The summed E-state index contributed by atoms with van der Waals surface area (Å²) < 4.78 is 0. The van der Waals surface area contributed by atoms with Crippen molar-refractivity contribution >= 4 is 11.6 Å². The van der Waals surface area contributed by atoms with Gasteiger partial charge in [-0.2, -0.15) is 0 Å². The van der Waals surface area contributed by atoms with Crippen LogP contribution in [-0.2, 0) is 4.79 Å². The predicted molar refractivity (Wildman–Crippen MR) is 70.7 cm³/mol. The van der Waals surface area contributed by atoms with Crippen LogP contribution in [0.2, 0.25) is 0 Å². The molecule has 1 aliphatic heterocycles. The molecule has 19 heavy (non-hydrogen) atoms. The number of nitro groups is 1. The van der Waals surface area contributed by atoms with Crippen LogP contribution in [0.5, 0.6) is 0 Å². The summed E-state index contributed by atoms with van der Waals surface area (Å²) in [6, 6.07) is 6.77. The first-order valence-corrected chi connectivity index (χ1v) is 6.33. The van der Waals surface area contributed by atoms with E-state index in [1.807, 2.05) is 13.0 Å². The highest BCUT2D eigenvalue weighted by Crippen LogP contribution is 2.19. The van der Waals surface area contributed by atoms with Gasteiger partial charge in [0.2, 0.25) is 5.91 Å². The molecule has 1 aliphatic rings. The molecular formula is C13H17N3O3.